The molecule has 0 amide bonds. The maximum Gasteiger partial charge on any atom is 0.0399 e. The molecule has 3 aromatic rings. The molecule has 0 fully saturated rings. The normalized spacial score (nSPS) is 14.3. The van der Waals surface area contributed by atoms with Crippen LogP contribution >= 0.6 is 0 Å². The van der Waals surface area contributed by atoms with Crippen LogP contribution in [-0.4, -0.2) is 0 Å². The molecule has 0 N–H and O–H groups in total. The van der Waals surface area contributed by atoms with E-state index in [-0.39, 0.29) is 0 Å². The molecule has 0 radical (unpaired) electrons. The molecule has 0 aliphatic heterocycles. The molecule has 0 heteroatoms. The lowest BCUT2D eigenvalue weighted by Gasteiger charge is -2.14. The lowest BCUT2D eigenvalue weighted by Crippen LogP contribution is -1.95. The van der Waals surface area contributed by atoms with E-state index >= 15 is 0 Å². The van der Waals surface area contributed by atoms with Gasteiger partial charge in [0, 0.05) is 7.26 Å². The first-order valence-corrected chi connectivity index (χ1v) is 6.89. The van der Waals surface area contributed by atoms with Crippen LogP contribution < -0.4 is 0 Å². The minimum Gasteiger partial charge on any atom is -0.0622 e. The van der Waals surface area contributed by atoms with Crippen LogP contribution in [0.4, 0.5) is 0 Å². The Morgan fingerprint density at radius 3 is 1.90 bits per heavy atom. The molecule has 0 saturated heterocycles. The van der Waals surface area contributed by atoms with E-state index in [4.69, 9.17) is 1.37 Å². The van der Waals surface area contributed by atoms with Gasteiger partial charge in [-0.1, -0.05) is 91.9 Å². The number of benzene rings is 3. The van der Waals surface area contributed by atoms with Gasteiger partial charge in [-0.25, -0.2) is 0 Å². The average molecular weight is 259 g/mol. The van der Waals surface area contributed by atoms with Gasteiger partial charge in [0.1, 0.15) is 0 Å². The zero-order valence-electron chi connectivity index (χ0n) is 12.6. The summed E-state index contributed by atoms with van der Waals surface area (Å²) in [5, 5.41) is 0. The summed E-state index contributed by atoms with van der Waals surface area (Å²) in [4.78, 5) is 0. The SMILES string of the molecule is [2H]C(C)(c1ccccc1)c1cccc(-c2ccccc2)c1. The van der Waals surface area contributed by atoms with E-state index in [0.717, 1.165) is 16.7 Å². The van der Waals surface area contributed by atoms with Gasteiger partial charge in [0.15, 0.2) is 0 Å². The highest BCUT2D eigenvalue weighted by Crippen LogP contribution is 2.28. The van der Waals surface area contributed by atoms with E-state index in [1.165, 1.54) is 5.56 Å². The fourth-order valence-electron chi connectivity index (χ4n) is 2.42. The second-order valence-corrected chi connectivity index (χ2v) is 4.94. The fraction of sp³-hybridized carbons (Fsp3) is 0.100. The van der Waals surface area contributed by atoms with Crippen molar-refractivity contribution in [1.29, 1.82) is 0 Å². The second-order valence-electron chi connectivity index (χ2n) is 4.94. The van der Waals surface area contributed by atoms with Gasteiger partial charge in [-0.2, -0.15) is 0 Å². The van der Waals surface area contributed by atoms with Gasteiger partial charge in [0.2, 0.25) is 0 Å². The highest BCUT2D eigenvalue weighted by Gasteiger charge is 2.08. The highest BCUT2D eigenvalue weighted by molar-refractivity contribution is 5.64. The van der Waals surface area contributed by atoms with Gasteiger partial charge in [-0.3, -0.25) is 0 Å². The smallest absolute Gasteiger partial charge is 0.0399 e. The molecule has 3 aromatic carbocycles. The highest BCUT2D eigenvalue weighted by atomic mass is 14.1. The maximum atomic E-state index is 8.77. The van der Waals surface area contributed by atoms with Crippen molar-refractivity contribution in [3.8, 4) is 11.1 Å². The molecule has 20 heavy (non-hydrogen) atoms. The van der Waals surface area contributed by atoms with E-state index in [1.807, 2.05) is 67.6 Å². The Kier molecular flexibility index (Phi) is 3.30. The molecule has 0 aromatic heterocycles. The number of rotatable bonds is 3. The van der Waals surface area contributed by atoms with Crippen molar-refractivity contribution < 1.29 is 1.37 Å². The zero-order valence-corrected chi connectivity index (χ0v) is 11.6. The molecule has 0 bridgehead atoms. The number of hydrogen-bond acceptors (Lipinski definition) is 0. The Labute approximate surface area is 122 Å². The Hall–Kier alpha value is -2.34. The Morgan fingerprint density at radius 2 is 1.20 bits per heavy atom. The molecule has 1 atom stereocenters. The predicted octanol–water partition coefficient (Wildman–Crippen LogP) is 5.51. The molecule has 0 aliphatic carbocycles. The van der Waals surface area contributed by atoms with Gasteiger partial charge in [-0.05, 0) is 22.3 Å². The van der Waals surface area contributed by atoms with Crippen molar-refractivity contribution in [1.82, 2.24) is 0 Å². The summed E-state index contributed by atoms with van der Waals surface area (Å²) in [5.74, 6) is -0.744. The third-order valence-corrected chi connectivity index (χ3v) is 3.61. The summed E-state index contributed by atoms with van der Waals surface area (Å²) in [5.41, 5.74) is 4.36. The number of hydrogen-bond donors (Lipinski definition) is 0. The third kappa shape index (κ3) is 2.65. The van der Waals surface area contributed by atoms with Gasteiger partial charge < -0.3 is 0 Å². The minimum atomic E-state index is -0.744. The standard InChI is InChI=1S/C20H18/c1-16(17-9-4-2-5-10-17)19-13-8-14-20(15-19)18-11-6-3-7-12-18/h2-16H,1H3/i16D. The Balaban J connectivity index is 2.04. The molecule has 0 nitrogen and oxygen atoms in total. The van der Waals surface area contributed by atoms with E-state index in [1.54, 1.807) is 0 Å². The molecular weight excluding hydrogens is 240 g/mol. The Morgan fingerprint density at radius 1 is 0.650 bits per heavy atom. The molecule has 0 spiro atoms. The lowest BCUT2D eigenvalue weighted by atomic mass is 9.91. The van der Waals surface area contributed by atoms with E-state index in [0.29, 0.717) is 0 Å². The summed E-state index contributed by atoms with van der Waals surface area (Å²) < 4.78 is 8.77. The van der Waals surface area contributed by atoms with Crippen molar-refractivity contribution in [2.75, 3.05) is 0 Å². The van der Waals surface area contributed by atoms with Crippen molar-refractivity contribution in [2.45, 2.75) is 12.8 Å². The fourth-order valence-corrected chi connectivity index (χ4v) is 2.42. The monoisotopic (exact) mass is 259 g/mol. The molecular formula is C20H18. The van der Waals surface area contributed by atoms with Crippen LogP contribution in [0.3, 0.4) is 0 Å². The first-order valence-electron chi connectivity index (χ1n) is 7.39. The van der Waals surface area contributed by atoms with Crippen LogP contribution in [0, 0.1) is 0 Å². The van der Waals surface area contributed by atoms with Crippen LogP contribution in [0.2, 0.25) is 0 Å². The lowest BCUT2D eigenvalue weighted by molar-refractivity contribution is 0.923. The van der Waals surface area contributed by atoms with Crippen molar-refractivity contribution in [3.05, 3.63) is 96.1 Å². The van der Waals surface area contributed by atoms with Crippen LogP contribution in [-0.2, 0) is 0 Å². The topological polar surface area (TPSA) is 0 Å². The van der Waals surface area contributed by atoms with E-state index in [9.17, 15) is 0 Å². The van der Waals surface area contributed by atoms with Gasteiger partial charge in [0.05, 0.1) is 0 Å². The van der Waals surface area contributed by atoms with Crippen molar-refractivity contribution >= 4 is 0 Å². The largest absolute Gasteiger partial charge is 0.0622 e. The second kappa shape index (κ2) is 5.75. The Bertz CT molecular complexity index is 715. The summed E-state index contributed by atoms with van der Waals surface area (Å²) in [6, 6.07) is 28.6. The summed E-state index contributed by atoms with van der Waals surface area (Å²) in [7, 11) is 0. The molecule has 0 aliphatic rings. The molecule has 98 valence electrons. The maximum absolute atomic E-state index is 8.77. The summed E-state index contributed by atoms with van der Waals surface area (Å²) in [6.07, 6.45) is 0. The van der Waals surface area contributed by atoms with Crippen LogP contribution in [0.5, 0.6) is 0 Å². The molecule has 0 saturated carbocycles. The van der Waals surface area contributed by atoms with Crippen molar-refractivity contribution in [2.24, 2.45) is 0 Å². The first-order chi connectivity index (χ1) is 10.2. The van der Waals surface area contributed by atoms with Gasteiger partial charge in [0.25, 0.3) is 0 Å². The molecule has 0 heterocycles. The minimum absolute atomic E-state index is 0.744. The average Bonchev–Trinajstić information content (AvgIpc) is 2.57. The molecule has 3 rings (SSSR count). The van der Waals surface area contributed by atoms with Gasteiger partial charge in [-0.15, -0.1) is 0 Å². The predicted molar refractivity (Wildman–Crippen MR) is 85.8 cm³/mol. The van der Waals surface area contributed by atoms with E-state index in [2.05, 4.69) is 24.3 Å². The zero-order chi connectivity index (χ0) is 14.7. The first kappa shape index (κ1) is 11.5. The third-order valence-electron chi connectivity index (χ3n) is 3.61. The molecule has 1 unspecified atom stereocenters. The van der Waals surface area contributed by atoms with Crippen LogP contribution in [0.1, 0.15) is 25.3 Å². The van der Waals surface area contributed by atoms with Gasteiger partial charge >= 0.3 is 0 Å². The summed E-state index contributed by atoms with van der Waals surface area (Å²) >= 11 is 0. The summed E-state index contributed by atoms with van der Waals surface area (Å²) in [6.45, 7) is 1.95. The van der Waals surface area contributed by atoms with Crippen LogP contribution in [0.15, 0.2) is 84.9 Å². The van der Waals surface area contributed by atoms with Crippen LogP contribution in [0.25, 0.3) is 11.1 Å². The van der Waals surface area contributed by atoms with E-state index < -0.39 is 5.89 Å². The quantitative estimate of drug-likeness (QED) is 0.582. The van der Waals surface area contributed by atoms with Crippen molar-refractivity contribution in [3.63, 3.8) is 0 Å².